The van der Waals surface area contributed by atoms with Gasteiger partial charge in [-0.1, -0.05) is 0 Å². The Morgan fingerprint density at radius 2 is 1.52 bits per heavy atom. The molecule has 2 N–H and O–H groups in total. The van der Waals surface area contributed by atoms with Gasteiger partial charge in [-0.3, -0.25) is 4.79 Å². The van der Waals surface area contributed by atoms with Crippen LogP contribution in [0.5, 0.6) is 11.5 Å². The molecule has 0 radical (unpaired) electrons. The molecule has 0 saturated carbocycles. The molecule has 162 valence electrons. The lowest BCUT2D eigenvalue weighted by atomic mass is 10.1. The summed E-state index contributed by atoms with van der Waals surface area (Å²) >= 11 is 0. The summed E-state index contributed by atoms with van der Waals surface area (Å²) in [7, 11) is 2.13. The lowest BCUT2D eigenvalue weighted by Gasteiger charge is -2.34. The average Bonchev–Trinajstić information content (AvgIpc) is 3.28. The summed E-state index contributed by atoms with van der Waals surface area (Å²) in [6.07, 6.45) is 2.03. The van der Waals surface area contributed by atoms with Crippen molar-refractivity contribution in [3.8, 4) is 22.8 Å². The van der Waals surface area contributed by atoms with E-state index in [0.717, 1.165) is 63.4 Å². The smallest absolute Gasteiger partial charge is 0.197 e. The summed E-state index contributed by atoms with van der Waals surface area (Å²) in [6.45, 7) is 5.60. The Hall–Kier alpha value is -3.19. The maximum atomic E-state index is 12.9. The summed E-state index contributed by atoms with van der Waals surface area (Å²) in [6, 6.07) is 10.7. The van der Waals surface area contributed by atoms with Crippen LogP contribution in [-0.4, -0.2) is 61.4 Å². The quantitative estimate of drug-likeness (QED) is 0.672. The van der Waals surface area contributed by atoms with Gasteiger partial charge < -0.3 is 29.3 Å². The Morgan fingerprint density at radius 3 is 2.19 bits per heavy atom. The number of nitrogens with zero attached hydrogens (tertiary/aromatic N) is 3. The van der Waals surface area contributed by atoms with Crippen molar-refractivity contribution in [3.05, 3.63) is 46.6 Å². The van der Waals surface area contributed by atoms with E-state index in [0.29, 0.717) is 11.4 Å². The number of likely N-dealkylation sites (N-methyl/N-ethyl adjacent to an activating group) is 1. The molecular weight excluding hydrogens is 394 g/mol. The van der Waals surface area contributed by atoms with Crippen molar-refractivity contribution < 1.29 is 14.6 Å². The van der Waals surface area contributed by atoms with Gasteiger partial charge in [0.25, 0.3) is 0 Å². The lowest BCUT2D eigenvalue weighted by Crippen LogP contribution is -2.44. The predicted molar refractivity (Wildman–Crippen MR) is 122 cm³/mol. The van der Waals surface area contributed by atoms with Crippen LogP contribution in [0.2, 0.25) is 0 Å². The highest BCUT2D eigenvalue weighted by Crippen LogP contribution is 2.42. The van der Waals surface area contributed by atoms with Gasteiger partial charge in [0.05, 0.1) is 0 Å². The molecule has 1 aromatic heterocycles. The first-order valence-electron chi connectivity index (χ1n) is 10.8. The third kappa shape index (κ3) is 3.59. The molecular formula is C24H27N3O4. The molecule has 2 aliphatic heterocycles. The van der Waals surface area contributed by atoms with Gasteiger partial charge in [0, 0.05) is 62.7 Å². The molecule has 5 rings (SSSR count). The molecule has 3 aromatic rings. The third-order valence-electron chi connectivity index (χ3n) is 6.38. The highest BCUT2D eigenvalue weighted by atomic mass is 16.3. The number of phenolic OH excluding ortho intramolecular Hbond substituents is 2. The largest absolute Gasteiger partial charge is 0.507 e. The van der Waals surface area contributed by atoms with Gasteiger partial charge in [-0.25, -0.2) is 0 Å². The standard InChI is InChI=1S/C24H27N3O4/c1-25-10-12-26(13-11-25)17-6-4-16(5-7-17)21-15-19(29)22-18(28)14-20(30)23(24(22)31-21)27-8-2-3-9-27/h4-7,14-15,28,30H,2-3,8-13H2,1H3. The molecule has 0 atom stereocenters. The van der Waals surface area contributed by atoms with Crippen LogP contribution in [0.3, 0.4) is 0 Å². The van der Waals surface area contributed by atoms with Crippen LogP contribution in [0.15, 0.2) is 45.6 Å². The van der Waals surface area contributed by atoms with Gasteiger partial charge in [0.1, 0.15) is 28.3 Å². The first-order chi connectivity index (χ1) is 15.0. The summed E-state index contributed by atoms with van der Waals surface area (Å²) in [5.74, 6) is 0.0895. The Kier molecular flexibility index (Phi) is 4.98. The molecule has 0 amide bonds. The van der Waals surface area contributed by atoms with E-state index in [-0.39, 0.29) is 27.9 Å². The minimum absolute atomic E-state index is 0.0717. The lowest BCUT2D eigenvalue weighted by molar-refractivity contribution is 0.313. The Bertz CT molecular complexity index is 1160. The first-order valence-corrected chi connectivity index (χ1v) is 10.8. The highest BCUT2D eigenvalue weighted by Gasteiger charge is 2.24. The third-order valence-corrected chi connectivity index (χ3v) is 6.38. The number of fused-ring (bicyclic) bond motifs is 1. The number of aromatic hydroxyl groups is 2. The number of anilines is 2. The zero-order chi connectivity index (χ0) is 21.5. The van der Waals surface area contributed by atoms with Crippen molar-refractivity contribution in [2.24, 2.45) is 0 Å². The molecule has 7 heteroatoms. The molecule has 3 heterocycles. The Morgan fingerprint density at radius 1 is 0.839 bits per heavy atom. The fraction of sp³-hybridized carbons (Fsp3) is 0.375. The van der Waals surface area contributed by atoms with Gasteiger partial charge in [-0.15, -0.1) is 0 Å². The Balaban J connectivity index is 1.56. The van der Waals surface area contributed by atoms with Gasteiger partial charge >= 0.3 is 0 Å². The molecule has 0 aliphatic carbocycles. The number of hydrogen-bond donors (Lipinski definition) is 2. The van der Waals surface area contributed by atoms with Crippen molar-refractivity contribution in [1.82, 2.24) is 4.90 Å². The fourth-order valence-electron chi connectivity index (χ4n) is 4.58. The van der Waals surface area contributed by atoms with Crippen LogP contribution >= 0.6 is 0 Å². The van der Waals surface area contributed by atoms with E-state index < -0.39 is 0 Å². The number of piperazine rings is 1. The topological polar surface area (TPSA) is 80.4 Å². The van der Waals surface area contributed by atoms with E-state index in [4.69, 9.17) is 4.42 Å². The van der Waals surface area contributed by atoms with Crippen molar-refractivity contribution >= 4 is 22.3 Å². The van der Waals surface area contributed by atoms with E-state index >= 15 is 0 Å². The minimum Gasteiger partial charge on any atom is -0.507 e. The first kappa shape index (κ1) is 19.8. The van der Waals surface area contributed by atoms with Crippen LogP contribution < -0.4 is 15.2 Å². The van der Waals surface area contributed by atoms with Crippen molar-refractivity contribution in [3.63, 3.8) is 0 Å². The number of phenols is 2. The van der Waals surface area contributed by atoms with Crippen LogP contribution in [0.25, 0.3) is 22.3 Å². The zero-order valence-electron chi connectivity index (χ0n) is 17.7. The Labute approximate surface area is 180 Å². The van der Waals surface area contributed by atoms with Gasteiger partial charge in [-0.2, -0.15) is 0 Å². The second kappa shape index (κ2) is 7.81. The summed E-state index contributed by atoms with van der Waals surface area (Å²) in [4.78, 5) is 19.6. The van der Waals surface area contributed by atoms with Gasteiger partial charge in [0.15, 0.2) is 11.0 Å². The van der Waals surface area contributed by atoms with Crippen molar-refractivity contribution in [1.29, 1.82) is 0 Å². The predicted octanol–water partition coefficient (Wildman–Crippen LogP) is 3.22. The maximum absolute atomic E-state index is 12.9. The van der Waals surface area contributed by atoms with E-state index in [9.17, 15) is 15.0 Å². The monoisotopic (exact) mass is 421 g/mol. The molecule has 2 saturated heterocycles. The number of rotatable bonds is 3. The summed E-state index contributed by atoms with van der Waals surface area (Å²) in [5.41, 5.74) is 2.33. The zero-order valence-corrected chi connectivity index (χ0v) is 17.7. The molecule has 0 bridgehead atoms. The van der Waals surface area contributed by atoms with Crippen LogP contribution in [-0.2, 0) is 0 Å². The van der Waals surface area contributed by atoms with E-state index in [2.05, 4.69) is 16.8 Å². The molecule has 0 spiro atoms. The molecule has 2 fully saturated rings. The maximum Gasteiger partial charge on any atom is 0.197 e. The highest BCUT2D eigenvalue weighted by molar-refractivity contribution is 5.97. The molecule has 31 heavy (non-hydrogen) atoms. The van der Waals surface area contributed by atoms with Crippen LogP contribution in [0.4, 0.5) is 11.4 Å². The number of benzene rings is 2. The molecule has 2 aliphatic rings. The summed E-state index contributed by atoms with van der Waals surface area (Å²) in [5, 5.41) is 21.0. The summed E-state index contributed by atoms with van der Waals surface area (Å²) < 4.78 is 6.15. The van der Waals surface area contributed by atoms with E-state index in [1.165, 1.54) is 12.1 Å². The van der Waals surface area contributed by atoms with E-state index in [1.54, 1.807) is 0 Å². The fourth-order valence-corrected chi connectivity index (χ4v) is 4.58. The molecule has 0 unspecified atom stereocenters. The van der Waals surface area contributed by atoms with Gasteiger partial charge in [-0.05, 0) is 44.2 Å². The van der Waals surface area contributed by atoms with E-state index in [1.807, 2.05) is 29.2 Å². The van der Waals surface area contributed by atoms with Gasteiger partial charge in [0.2, 0.25) is 0 Å². The molecule has 2 aromatic carbocycles. The van der Waals surface area contributed by atoms with Crippen LogP contribution in [0, 0.1) is 0 Å². The number of hydrogen-bond acceptors (Lipinski definition) is 7. The molecule has 7 nitrogen and oxygen atoms in total. The second-order valence-corrected chi connectivity index (χ2v) is 8.47. The minimum atomic E-state index is -0.322. The van der Waals surface area contributed by atoms with Crippen molar-refractivity contribution in [2.45, 2.75) is 12.8 Å². The SMILES string of the molecule is CN1CCN(c2ccc(-c3cc(=O)c4c(O)cc(O)c(N5CCCC5)c4o3)cc2)CC1. The van der Waals surface area contributed by atoms with Crippen molar-refractivity contribution in [2.75, 3.05) is 56.1 Å². The normalized spacial score (nSPS) is 17.6. The second-order valence-electron chi connectivity index (χ2n) is 8.47. The average molecular weight is 421 g/mol. The van der Waals surface area contributed by atoms with Crippen LogP contribution in [0.1, 0.15) is 12.8 Å².